The van der Waals surface area contributed by atoms with Crippen LogP contribution in [0.1, 0.15) is 6.42 Å². The second-order valence-corrected chi connectivity index (χ2v) is 9.05. The molecule has 2 aromatic heterocycles. The fourth-order valence-electron chi connectivity index (χ4n) is 3.25. The lowest BCUT2D eigenvalue weighted by molar-refractivity contribution is 0.147. The summed E-state index contributed by atoms with van der Waals surface area (Å²) >= 11 is 6.24. The Morgan fingerprint density at radius 2 is 1.76 bits per heavy atom. The van der Waals surface area contributed by atoms with E-state index in [9.17, 15) is 13.2 Å². The molecule has 2 heterocycles. The van der Waals surface area contributed by atoms with Crippen molar-refractivity contribution in [2.45, 2.75) is 11.3 Å². The zero-order valence-electron chi connectivity index (χ0n) is 17.2. The predicted octanol–water partition coefficient (Wildman–Crippen LogP) is 3.85. The molecular weight excluding hydrogens is 468 g/mol. The van der Waals surface area contributed by atoms with E-state index in [0.29, 0.717) is 35.4 Å². The van der Waals surface area contributed by atoms with Gasteiger partial charge in [0.05, 0.1) is 29.2 Å². The van der Waals surface area contributed by atoms with Gasteiger partial charge in [-0.1, -0.05) is 29.8 Å². The van der Waals surface area contributed by atoms with Gasteiger partial charge in [-0.2, -0.15) is 0 Å². The highest BCUT2D eigenvalue weighted by Gasteiger charge is 2.25. The van der Waals surface area contributed by atoms with Crippen LogP contribution < -0.4 is 10.5 Å². The van der Waals surface area contributed by atoms with Crippen molar-refractivity contribution in [2.75, 3.05) is 13.2 Å². The third-order valence-electron chi connectivity index (χ3n) is 4.74. The van der Waals surface area contributed by atoms with E-state index >= 15 is 0 Å². The van der Waals surface area contributed by atoms with E-state index in [1.165, 1.54) is 22.4 Å². The highest BCUT2D eigenvalue weighted by atomic mass is 35.5. The number of carbonyl (C=O) groups excluding carboxylic acids is 1. The SMILES string of the molecule is NC(=O)OCCCOc1ccc(-c2cc3c(Cl)ncnc3n2S(=O)(=O)c2ccccc2)cc1. The van der Waals surface area contributed by atoms with Crippen molar-refractivity contribution < 1.29 is 22.7 Å². The molecule has 0 aliphatic rings. The first-order valence-electron chi connectivity index (χ1n) is 9.86. The average Bonchev–Trinajstić information content (AvgIpc) is 3.21. The molecule has 0 saturated heterocycles. The number of rotatable bonds is 8. The van der Waals surface area contributed by atoms with Crippen molar-refractivity contribution in [3.8, 4) is 17.0 Å². The van der Waals surface area contributed by atoms with Crippen molar-refractivity contribution in [3.63, 3.8) is 0 Å². The molecule has 0 atom stereocenters. The Morgan fingerprint density at radius 3 is 2.45 bits per heavy atom. The summed E-state index contributed by atoms with van der Waals surface area (Å²) in [6.07, 6.45) is 0.875. The largest absolute Gasteiger partial charge is 0.493 e. The van der Waals surface area contributed by atoms with Crippen LogP contribution in [0.5, 0.6) is 5.75 Å². The van der Waals surface area contributed by atoms with Gasteiger partial charge in [-0.25, -0.2) is 27.2 Å². The van der Waals surface area contributed by atoms with Gasteiger partial charge in [0.15, 0.2) is 5.65 Å². The number of nitrogens with two attached hydrogens (primary N) is 1. The second-order valence-electron chi connectivity index (χ2n) is 6.91. The van der Waals surface area contributed by atoms with Crippen LogP contribution in [-0.2, 0) is 14.8 Å². The fourth-order valence-corrected chi connectivity index (χ4v) is 4.93. The Kier molecular flexibility index (Phi) is 6.47. The Morgan fingerprint density at radius 1 is 1.03 bits per heavy atom. The second kappa shape index (κ2) is 9.47. The number of ether oxygens (including phenoxy) is 2. The number of aromatic nitrogens is 3. The minimum absolute atomic E-state index is 0.122. The quantitative estimate of drug-likeness (QED) is 0.296. The van der Waals surface area contributed by atoms with Crippen molar-refractivity contribution >= 4 is 38.8 Å². The van der Waals surface area contributed by atoms with E-state index < -0.39 is 16.1 Å². The Labute approximate surface area is 194 Å². The summed E-state index contributed by atoms with van der Waals surface area (Å²) < 4.78 is 38.5. The van der Waals surface area contributed by atoms with E-state index in [0.717, 1.165) is 0 Å². The maximum Gasteiger partial charge on any atom is 0.404 e. The lowest BCUT2D eigenvalue weighted by atomic mass is 10.1. The molecule has 0 aliphatic heterocycles. The molecule has 4 aromatic rings. The summed E-state index contributed by atoms with van der Waals surface area (Å²) in [6, 6.07) is 16.6. The summed E-state index contributed by atoms with van der Waals surface area (Å²) in [5.41, 5.74) is 6.10. The molecule has 0 radical (unpaired) electrons. The predicted molar refractivity (Wildman–Crippen MR) is 123 cm³/mol. The minimum atomic E-state index is -3.97. The minimum Gasteiger partial charge on any atom is -0.493 e. The van der Waals surface area contributed by atoms with Crippen LogP contribution >= 0.6 is 11.6 Å². The standard InChI is InChI=1S/C22H19ClN4O5S/c23-20-18-13-19(15-7-9-16(10-8-15)31-11-4-12-32-22(24)28)27(21(18)26-14-25-20)33(29,30)17-5-2-1-3-6-17/h1-3,5-10,13-14H,4,11-12H2,(H2,24,28). The number of nitrogens with zero attached hydrogens (tertiary/aromatic N) is 3. The molecule has 0 saturated carbocycles. The van der Waals surface area contributed by atoms with Crippen molar-refractivity contribution in [3.05, 3.63) is 72.1 Å². The molecule has 0 bridgehead atoms. The third kappa shape index (κ3) is 4.76. The van der Waals surface area contributed by atoms with Gasteiger partial charge in [-0.05, 0) is 48.0 Å². The van der Waals surface area contributed by atoms with Gasteiger partial charge in [-0.15, -0.1) is 0 Å². The number of fused-ring (bicyclic) bond motifs is 1. The Balaban J connectivity index is 1.69. The van der Waals surface area contributed by atoms with Gasteiger partial charge in [0.1, 0.15) is 17.2 Å². The van der Waals surface area contributed by atoms with Crippen LogP contribution in [-0.4, -0.2) is 41.7 Å². The number of hydrogen-bond donors (Lipinski definition) is 1. The monoisotopic (exact) mass is 486 g/mol. The van der Waals surface area contributed by atoms with Gasteiger partial charge in [0.25, 0.3) is 10.0 Å². The van der Waals surface area contributed by atoms with E-state index in [-0.39, 0.29) is 22.3 Å². The smallest absolute Gasteiger partial charge is 0.404 e. The van der Waals surface area contributed by atoms with Gasteiger partial charge in [0.2, 0.25) is 0 Å². The van der Waals surface area contributed by atoms with Crippen LogP contribution in [0.2, 0.25) is 5.15 Å². The van der Waals surface area contributed by atoms with Crippen molar-refractivity contribution in [1.82, 2.24) is 13.9 Å². The van der Waals surface area contributed by atoms with Crippen molar-refractivity contribution in [2.24, 2.45) is 5.73 Å². The Hall–Kier alpha value is -3.63. The molecule has 9 nitrogen and oxygen atoms in total. The molecule has 170 valence electrons. The maximum atomic E-state index is 13.5. The summed E-state index contributed by atoms with van der Waals surface area (Å²) in [5, 5.41) is 0.574. The van der Waals surface area contributed by atoms with Crippen LogP contribution in [0.4, 0.5) is 4.79 Å². The van der Waals surface area contributed by atoms with Crippen LogP contribution in [0.15, 0.2) is 71.9 Å². The molecule has 4 rings (SSSR count). The molecule has 0 unspecified atom stereocenters. The van der Waals surface area contributed by atoms with E-state index in [2.05, 4.69) is 14.7 Å². The van der Waals surface area contributed by atoms with Crippen molar-refractivity contribution in [1.29, 1.82) is 0 Å². The molecule has 0 spiro atoms. The van der Waals surface area contributed by atoms with Crippen LogP contribution in [0, 0.1) is 0 Å². The topological polar surface area (TPSA) is 126 Å². The summed E-state index contributed by atoms with van der Waals surface area (Å²) in [7, 11) is -3.97. The summed E-state index contributed by atoms with van der Waals surface area (Å²) in [6.45, 7) is 0.479. The van der Waals surface area contributed by atoms with Gasteiger partial charge in [0, 0.05) is 6.42 Å². The molecular formula is C22H19ClN4O5S. The zero-order valence-corrected chi connectivity index (χ0v) is 18.8. The summed E-state index contributed by atoms with van der Waals surface area (Å²) in [5.74, 6) is 0.573. The van der Waals surface area contributed by atoms with Crippen LogP contribution in [0.3, 0.4) is 0 Å². The zero-order chi connectivity index (χ0) is 23.4. The highest BCUT2D eigenvalue weighted by molar-refractivity contribution is 7.90. The summed E-state index contributed by atoms with van der Waals surface area (Å²) in [4.78, 5) is 18.9. The average molecular weight is 487 g/mol. The molecule has 33 heavy (non-hydrogen) atoms. The molecule has 11 heteroatoms. The number of primary amides is 1. The first kappa shape index (κ1) is 22.6. The number of carbonyl (C=O) groups is 1. The van der Waals surface area contributed by atoms with E-state index in [1.807, 2.05) is 0 Å². The molecule has 0 aliphatic carbocycles. The molecule has 2 aromatic carbocycles. The van der Waals surface area contributed by atoms with Gasteiger partial charge in [-0.3, -0.25) is 0 Å². The molecule has 2 N–H and O–H groups in total. The van der Waals surface area contributed by atoms with Crippen LogP contribution in [0.25, 0.3) is 22.3 Å². The van der Waals surface area contributed by atoms with Gasteiger partial charge >= 0.3 is 6.09 Å². The van der Waals surface area contributed by atoms with E-state index in [1.54, 1.807) is 48.5 Å². The third-order valence-corrected chi connectivity index (χ3v) is 6.76. The number of benzene rings is 2. The lowest BCUT2D eigenvalue weighted by Crippen LogP contribution is -2.15. The lowest BCUT2D eigenvalue weighted by Gasteiger charge is -2.12. The normalized spacial score (nSPS) is 11.4. The first-order chi connectivity index (χ1) is 15.9. The van der Waals surface area contributed by atoms with Gasteiger partial charge < -0.3 is 15.2 Å². The molecule has 1 amide bonds. The van der Waals surface area contributed by atoms with E-state index in [4.69, 9.17) is 22.1 Å². The highest BCUT2D eigenvalue weighted by Crippen LogP contribution is 2.34. The Bertz CT molecular complexity index is 1390. The number of amides is 1. The first-order valence-corrected chi connectivity index (χ1v) is 11.7. The fraction of sp³-hybridized carbons (Fsp3) is 0.136. The maximum absolute atomic E-state index is 13.5. The number of hydrogen-bond acceptors (Lipinski definition) is 7. The number of halogens is 1. The molecule has 0 fully saturated rings.